The smallest absolute Gasteiger partial charge is 0.0642 e. The van der Waals surface area contributed by atoms with Crippen LogP contribution in [0.4, 0.5) is 0 Å². The first-order chi connectivity index (χ1) is 6.35. The minimum atomic E-state index is 0.0422. The first-order valence-corrected chi connectivity index (χ1v) is 4.85. The zero-order valence-electron chi connectivity index (χ0n) is 8.08. The van der Waals surface area contributed by atoms with Crippen molar-refractivity contribution >= 4 is 0 Å². The molecule has 3 nitrogen and oxygen atoms in total. The van der Waals surface area contributed by atoms with Crippen molar-refractivity contribution in [2.45, 2.75) is 32.1 Å². The maximum atomic E-state index is 8.84. The highest BCUT2D eigenvalue weighted by molar-refractivity contribution is 5.01. The van der Waals surface area contributed by atoms with Crippen LogP contribution in [0.3, 0.4) is 0 Å². The second-order valence-electron chi connectivity index (χ2n) is 3.07. The topological polar surface area (TPSA) is 60.7 Å². The van der Waals surface area contributed by atoms with Crippen LogP contribution < -0.4 is 0 Å². The van der Waals surface area contributed by atoms with Gasteiger partial charge in [0.1, 0.15) is 0 Å². The summed E-state index contributed by atoms with van der Waals surface area (Å²) in [4.78, 5) is 0. The summed E-state index contributed by atoms with van der Waals surface area (Å²) in [5.41, 5.74) is 0.909. The van der Waals surface area contributed by atoms with Gasteiger partial charge in [-0.05, 0) is 31.3 Å². The van der Waals surface area contributed by atoms with E-state index in [1.54, 1.807) is 0 Å². The van der Waals surface area contributed by atoms with E-state index in [0.717, 1.165) is 31.3 Å². The monoisotopic (exact) mass is 188 g/mol. The summed E-state index contributed by atoms with van der Waals surface area (Å²) >= 11 is 0. The standard InChI is InChI=1S/C10H20O3/c11-7-4-2-1-3-5-10(9-13)6-8-12/h5,11-13H,1-4,6-9H2/b10-5-. The largest absolute Gasteiger partial charge is 0.396 e. The number of allylic oxidation sites excluding steroid dienone is 1. The van der Waals surface area contributed by atoms with Crippen molar-refractivity contribution < 1.29 is 15.3 Å². The van der Waals surface area contributed by atoms with E-state index in [-0.39, 0.29) is 19.8 Å². The van der Waals surface area contributed by atoms with Crippen molar-refractivity contribution in [1.29, 1.82) is 0 Å². The van der Waals surface area contributed by atoms with Gasteiger partial charge < -0.3 is 15.3 Å². The van der Waals surface area contributed by atoms with Crippen molar-refractivity contribution in [2.24, 2.45) is 0 Å². The second-order valence-corrected chi connectivity index (χ2v) is 3.07. The van der Waals surface area contributed by atoms with E-state index in [1.165, 1.54) is 0 Å². The van der Waals surface area contributed by atoms with Gasteiger partial charge in [0, 0.05) is 13.2 Å². The van der Waals surface area contributed by atoms with Gasteiger partial charge in [0.25, 0.3) is 0 Å². The van der Waals surface area contributed by atoms with Gasteiger partial charge in [0.2, 0.25) is 0 Å². The van der Waals surface area contributed by atoms with Crippen LogP contribution in [0.1, 0.15) is 32.1 Å². The molecule has 0 rings (SSSR count). The number of hydrogen-bond donors (Lipinski definition) is 3. The molecule has 0 aliphatic heterocycles. The van der Waals surface area contributed by atoms with Crippen LogP contribution >= 0.6 is 0 Å². The van der Waals surface area contributed by atoms with Crippen LogP contribution in [0, 0.1) is 0 Å². The summed E-state index contributed by atoms with van der Waals surface area (Å²) in [7, 11) is 0. The Morgan fingerprint density at radius 2 is 1.69 bits per heavy atom. The Morgan fingerprint density at radius 3 is 2.23 bits per heavy atom. The minimum absolute atomic E-state index is 0.0422. The van der Waals surface area contributed by atoms with Crippen molar-refractivity contribution in [3.8, 4) is 0 Å². The molecule has 3 heteroatoms. The molecule has 0 spiro atoms. The Balaban J connectivity index is 3.42. The van der Waals surface area contributed by atoms with Gasteiger partial charge in [0.15, 0.2) is 0 Å². The van der Waals surface area contributed by atoms with E-state index >= 15 is 0 Å². The fourth-order valence-electron chi connectivity index (χ4n) is 1.13. The summed E-state index contributed by atoms with van der Waals surface area (Å²) in [6.45, 7) is 0.400. The highest BCUT2D eigenvalue weighted by Gasteiger charge is 1.93. The van der Waals surface area contributed by atoms with Crippen LogP contribution in [-0.2, 0) is 0 Å². The summed E-state index contributed by atoms with van der Waals surface area (Å²) in [5.74, 6) is 0. The lowest BCUT2D eigenvalue weighted by molar-refractivity contribution is 0.277. The summed E-state index contributed by atoms with van der Waals surface area (Å²) in [6.07, 6.45) is 6.38. The summed E-state index contributed by atoms with van der Waals surface area (Å²) < 4.78 is 0. The molecule has 0 bridgehead atoms. The lowest BCUT2D eigenvalue weighted by atomic mass is 10.1. The molecule has 0 radical (unpaired) electrons. The Hall–Kier alpha value is -0.380. The van der Waals surface area contributed by atoms with E-state index in [9.17, 15) is 0 Å². The molecule has 13 heavy (non-hydrogen) atoms. The van der Waals surface area contributed by atoms with E-state index in [2.05, 4.69) is 0 Å². The molecule has 0 fully saturated rings. The van der Waals surface area contributed by atoms with Crippen LogP contribution in [0.2, 0.25) is 0 Å². The molecule has 3 N–H and O–H groups in total. The number of rotatable bonds is 8. The maximum Gasteiger partial charge on any atom is 0.0642 e. The molecular formula is C10H20O3. The van der Waals surface area contributed by atoms with Gasteiger partial charge in [-0.3, -0.25) is 0 Å². The second kappa shape index (κ2) is 9.71. The Kier molecular flexibility index (Phi) is 9.42. The van der Waals surface area contributed by atoms with E-state index in [0.29, 0.717) is 6.42 Å². The van der Waals surface area contributed by atoms with Gasteiger partial charge in [0.05, 0.1) is 6.61 Å². The molecule has 0 unspecified atom stereocenters. The Bertz CT molecular complexity index is 132. The average molecular weight is 188 g/mol. The summed E-state index contributed by atoms with van der Waals surface area (Å²) in [5, 5.41) is 26.0. The van der Waals surface area contributed by atoms with Crippen molar-refractivity contribution in [3.05, 3.63) is 11.6 Å². The predicted octanol–water partition coefficient (Wildman–Crippen LogP) is 0.840. The third-order valence-electron chi connectivity index (χ3n) is 1.93. The molecule has 0 aromatic rings. The average Bonchev–Trinajstić information content (AvgIpc) is 2.16. The molecule has 78 valence electrons. The molecule has 0 heterocycles. The molecule has 0 amide bonds. The van der Waals surface area contributed by atoms with Crippen LogP contribution in [-0.4, -0.2) is 35.1 Å². The molecule has 0 saturated carbocycles. The fourth-order valence-corrected chi connectivity index (χ4v) is 1.13. The minimum Gasteiger partial charge on any atom is -0.396 e. The lowest BCUT2D eigenvalue weighted by Crippen LogP contribution is -1.94. The molecular weight excluding hydrogens is 168 g/mol. The zero-order chi connectivity index (χ0) is 9.94. The lowest BCUT2D eigenvalue weighted by Gasteiger charge is -2.01. The quantitative estimate of drug-likeness (QED) is 0.391. The van der Waals surface area contributed by atoms with E-state index in [1.807, 2.05) is 6.08 Å². The molecule has 0 aliphatic rings. The molecule has 0 aromatic carbocycles. The third kappa shape index (κ3) is 7.96. The van der Waals surface area contributed by atoms with Gasteiger partial charge in [-0.15, -0.1) is 0 Å². The third-order valence-corrected chi connectivity index (χ3v) is 1.93. The van der Waals surface area contributed by atoms with Crippen molar-refractivity contribution in [3.63, 3.8) is 0 Å². The first kappa shape index (κ1) is 12.6. The number of unbranched alkanes of at least 4 members (excludes halogenated alkanes) is 3. The van der Waals surface area contributed by atoms with Crippen LogP contribution in [0.15, 0.2) is 11.6 Å². The molecule has 0 saturated heterocycles. The molecule has 0 atom stereocenters. The normalized spacial score (nSPS) is 12.1. The fraction of sp³-hybridized carbons (Fsp3) is 0.800. The Labute approximate surface area is 79.7 Å². The zero-order valence-corrected chi connectivity index (χ0v) is 8.08. The van der Waals surface area contributed by atoms with Crippen molar-refractivity contribution in [1.82, 2.24) is 0 Å². The van der Waals surface area contributed by atoms with Crippen LogP contribution in [0.5, 0.6) is 0 Å². The van der Waals surface area contributed by atoms with Gasteiger partial charge in [-0.25, -0.2) is 0 Å². The van der Waals surface area contributed by atoms with Crippen LogP contribution in [0.25, 0.3) is 0 Å². The Morgan fingerprint density at radius 1 is 0.923 bits per heavy atom. The molecule has 0 aromatic heterocycles. The van der Waals surface area contributed by atoms with Gasteiger partial charge in [-0.2, -0.15) is 0 Å². The first-order valence-electron chi connectivity index (χ1n) is 4.85. The molecule has 0 aliphatic carbocycles. The highest BCUT2D eigenvalue weighted by atomic mass is 16.3. The number of hydrogen-bond acceptors (Lipinski definition) is 3. The van der Waals surface area contributed by atoms with Crippen molar-refractivity contribution in [2.75, 3.05) is 19.8 Å². The van der Waals surface area contributed by atoms with E-state index in [4.69, 9.17) is 15.3 Å². The van der Waals surface area contributed by atoms with Gasteiger partial charge >= 0.3 is 0 Å². The highest BCUT2D eigenvalue weighted by Crippen LogP contribution is 2.05. The number of aliphatic hydroxyl groups is 3. The van der Waals surface area contributed by atoms with E-state index < -0.39 is 0 Å². The summed E-state index contributed by atoms with van der Waals surface area (Å²) in [6, 6.07) is 0. The maximum absolute atomic E-state index is 8.84. The number of aliphatic hydroxyl groups excluding tert-OH is 3. The SMILES string of the molecule is OCCCCC/C=C(\CO)CCO. The predicted molar refractivity (Wildman–Crippen MR) is 52.4 cm³/mol. The van der Waals surface area contributed by atoms with Gasteiger partial charge in [-0.1, -0.05) is 12.5 Å².